The molecule has 0 amide bonds. The zero-order chi connectivity index (χ0) is 27.3. The van der Waals surface area contributed by atoms with E-state index < -0.39 is 54.0 Å². The fourth-order valence-electron chi connectivity index (χ4n) is 6.01. The third kappa shape index (κ3) is 4.24. The van der Waals surface area contributed by atoms with Crippen LogP contribution in [0, 0.1) is 0 Å². The van der Waals surface area contributed by atoms with E-state index in [0.29, 0.717) is 24.3 Å². The Morgan fingerprint density at radius 3 is 2.62 bits per heavy atom. The Morgan fingerprint density at radius 1 is 1.35 bits per heavy atom. The van der Waals surface area contributed by atoms with Crippen molar-refractivity contribution in [1.82, 2.24) is 4.90 Å². The minimum atomic E-state index is -4.64. The molecule has 1 saturated heterocycles. The van der Waals surface area contributed by atoms with E-state index in [-0.39, 0.29) is 18.2 Å². The maximum absolute atomic E-state index is 12.3. The number of likely N-dealkylation sites (tertiary alicyclic amines) is 1. The van der Waals surface area contributed by atoms with E-state index in [1.165, 1.54) is 0 Å². The van der Waals surface area contributed by atoms with Crippen molar-refractivity contribution in [3.05, 3.63) is 35.1 Å². The molecule has 1 fully saturated rings. The molecule has 0 aromatic heterocycles. The quantitative estimate of drug-likeness (QED) is 0.375. The number of carbonyl (C=O) groups is 3. The monoisotopic (exact) mass is 529 g/mol. The number of piperidine rings is 1. The minimum Gasteiger partial charge on any atom is -0.493 e. The highest BCUT2D eigenvalue weighted by Crippen LogP contribution is 2.65. The van der Waals surface area contributed by atoms with Crippen LogP contribution in [0.2, 0.25) is 0 Å². The number of carboxylic acids is 1. The number of likely N-dealkylation sites (N-methyl/N-ethyl adjacent to an activating group) is 1. The van der Waals surface area contributed by atoms with E-state index in [0.717, 1.165) is 17.7 Å². The van der Waals surface area contributed by atoms with Gasteiger partial charge < -0.3 is 34.4 Å². The first-order valence-corrected chi connectivity index (χ1v) is 11.4. The maximum Gasteiger partial charge on any atom is 0.446 e. The van der Waals surface area contributed by atoms with Crippen LogP contribution in [0.25, 0.3) is 0 Å². The number of hydrogen-bond donors (Lipinski definition) is 3. The van der Waals surface area contributed by atoms with Gasteiger partial charge in [-0.3, -0.25) is 9.59 Å². The molecule has 37 heavy (non-hydrogen) atoms. The standard InChI is InChI=1S/C22H25NO8.C2HF3O/c1-23-8-7-21-17-11-3-4-13(29-2)18(17)31-19(21)14(5-6-22(21,28)15(23)9-11)30-16(25)10-12(24)20(26)27;3-2(4,5)1-6/h3-5,12,15,19,24,28H,6-10H2,1-2H3,(H,26,27);1H/t12-,15-,19+,21+,22-;/m1./s1. The number of halogens is 3. The molecule has 5 rings (SSSR count). The van der Waals surface area contributed by atoms with E-state index in [9.17, 15) is 33.0 Å². The number of carbonyl (C=O) groups excluding carboxylic acids is 2. The number of aldehydes is 1. The normalized spacial score (nSPS) is 30.0. The van der Waals surface area contributed by atoms with Gasteiger partial charge in [-0.25, -0.2) is 4.79 Å². The van der Waals surface area contributed by atoms with E-state index in [1.54, 1.807) is 13.2 Å². The first-order valence-electron chi connectivity index (χ1n) is 11.4. The zero-order valence-electron chi connectivity index (χ0n) is 19.9. The van der Waals surface area contributed by atoms with Crippen molar-refractivity contribution >= 4 is 18.2 Å². The summed E-state index contributed by atoms with van der Waals surface area (Å²) in [5.74, 6) is -1.02. The molecule has 2 heterocycles. The van der Waals surface area contributed by atoms with Crippen LogP contribution in [0.1, 0.15) is 30.4 Å². The summed E-state index contributed by atoms with van der Waals surface area (Å²) in [5, 5.41) is 30.4. The number of methoxy groups -OCH3 is 1. The fourth-order valence-corrected chi connectivity index (χ4v) is 6.01. The number of alkyl halides is 3. The maximum atomic E-state index is 12.3. The zero-order valence-corrected chi connectivity index (χ0v) is 19.9. The fraction of sp³-hybridized carbons (Fsp3) is 0.542. The molecule has 0 saturated carbocycles. The van der Waals surface area contributed by atoms with Crippen molar-refractivity contribution in [2.45, 2.75) is 61.1 Å². The number of aliphatic hydroxyl groups excluding tert-OH is 1. The highest BCUT2D eigenvalue weighted by Gasteiger charge is 2.72. The van der Waals surface area contributed by atoms with E-state index >= 15 is 0 Å². The summed E-state index contributed by atoms with van der Waals surface area (Å²) in [7, 11) is 3.56. The molecule has 10 nitrogen and oxygen atoms in total. The van der Waals surface area contributed by atoms with Crippen LogP contribution >= 0.6 is 0 Å². The van der Waals surface area contributed by atoms with Gasteiger partial charge in [0, 0.05) is 18.0 Å². The molecule has 2 aliphatic heterocycles. The van der Waals surface area contributed by atoms with E-state index in [2.05, 4.69) is 4.90 Å². The van der Waals surface area contributed by atoms with Crippen molar-refractivity contribution in [2.75, 3.05) is 20.7 Å². The Bertz CT molecular complexity index is 1150. The summed E-state index contributed by atoms with van der Waals surface area (Å²) < 4.78 is 48.6. The lowest BCUT2D eigenvalue weighted by atomic mass is 9.50. The van der Waals surface area contributed by atoms with E-state index in [1.807, 2.05) is 19.2 Å². The number of hydrogen-bond acceptors (Lipinski definition) is 9. The lowest BCUT2D eigenvalue weighted by molar-refractivity contribution is -0.170. The van der Waals surface area contributed by atoms with Crippen LogP contribution in [-0.2, 0) is 31.0 Å². The van der Waals surface area contributed by atoms with Crippen molar-refractivity contribution in [3.63, 3.8) is 0 Å². The highest BCUT2D eigenvalue weighted by atomic mass is 19.4. The number of benzene rings is 1. The second-order valence-electron chi connectivity index (χ2n) is 9.48. The molecule has 0 unspecified atom stereocenters. The Hall–Kier alpha value is -3.16. The Labute approximate surface area is 209 Å². The van der Waals surface area contributed by atoms with Crippen molar-refractivity contribution in [2.24, 2.45) is 0 Å². The number of esters is 1. The van der Waals surface area contributed by atoms with Crippen LogP contribution in [-0.4, -0.2) is 89.2 Å². The topological polar surface area (TPSA) is 143 Å². The van der Waals surface area contributed by atoms with Crippen molar-refractivity contribution in [3.8, 4) is 11.5 Å². The molecule has 3 N–H and O–H groups in total. The Morgan fingerprint density at radius 2 is 2.03 bits per heavy atom. The summed E-state index contributed by atoms with van der Waals surface area (Å²) in [6.45, 7) is 0.738. The molecule has 202 valence electrons. The first kappa shape index (κ1) is 26.9. The molecule has 4 aliphatic rings. The number of carboxylic acid groups (broad SMARTS) is 1. The largest absolute Gasteiger partial charge is 0.493 e. The summed E-state index contributed by atoms with van der Waals surface area (Å²) in [4.78, 5) is 34.1. The van der Waals surface area contributed by atoms with Crippen LogP contribution in [0.15, 0.2) is 24.0 Å². The highest BCUT2D eigenvalue weighted by molar-refractivity contribution is 5.81. The van der Waals surface area contributed by atoms with Gasteiger partial charge >= 0.3 is 18.1 Å². The number of rotatable bonds is 5. The third-order valence-corrected chi connectivity index (χ3v) is 7.57. The SMILES string of the molecule is COc1ccc2c3c1O[C@H]1C(OC(=O)C[C@@H](O)C(=O)O)=CC[C@@]4(O)[C@@H](C2)N(C)CC[C@]314.O=CC(F)(F)F. The smallest absolute Gasteiger partial charge is 0.446 e. The van der Waals surface area contributed by atoms with Crippen LogP contribution in [0.5, 0.6) is 11.5 Å². The second kappa shape index (κ2) is 9.30. The number of aliphatic hydroxyl groups is 2. The average Bonchev–Trinajstić information content (AvgIpc) is 3.18. The van der Waals surface area contributed by atoms with Crippen LogP contribution in [0.3, 0.4) is 0 Å². The predicted octanol–water partition coefficient (Wildman–Crippen LogP) is 1.10. The minimum absolute atomic E-state index is 0.124. The third-order valence-electron chi connectivity index (χ3n) is 7.57. The van der Waals surface area contributed by atoms with Crippen molar-refractivity contribution in [1.29, 1.82) is 0 Å². The molecule has 1 aromatic carbocycles. The van der Waals surface area contributed by atoms with Crippen molar-refractivity contribution < 1.29 is 57.1 Å². The number of aliphatic carboxylic acids is 1. The lowest BCUT2D eigenvalue weighted by Gasteiger charge is -2.61. The summed E-state index contributed by atoms with van der Waals surface area (Å²) in [6.07, 6.45) is -5.78. The molecule has 1 spiro atoms. The molecular formula is C24H26F3NO9. The van der Waals surface area contributed by atoms with E-state index in [4.69, 9.17) is 24.1 Å². The Balaban J connectivity index is 0.000000480. The van der Waals surface area contributed by atoms with Gasteiger partial charge in [0.1, 0.15) is 5.76 Å². The molecule has 0 radical (unpaired) electrons. The van der Waals surface area contributed by atoms with Gasteiger partial charge in [-0.1, -0.05) is 6.07 Å². The molecule has 1 aromatic rings. The van der Waals surface area contributed by atoms with Gasteiger partial charge in [-0.2, -0.15) is 13.2 Å². The summed E-state index contributed by atoms with van der Waals surface area (Å²) >= 11 is 0. The lowest BCUT2D eigenvalue weighted by Crippen LogP contribution is -2.74. The summed E-state index contributed by atoms with van der Waals surface area (Å²) in [5.41, 5.74) is 0.0627. The van der Waals surface area contributed by atoms with Gasteiger partial charge in [0.15, 0.2) is 23.7 Å². The second-order valence-corrected chi connectivity index (χ2v) is 9.48. The number of ether oxygens (including phenoxy) is 3. The van der Waals surface area contributed by atoms with Gasteiger partial charge in [0.05, 0.1) is 24.5 Å². The van der Waals surface area contributed by atoms with Crippen LogP contribution < -0.4 is 9.47 Å². The molecule has 13 heteroatoms. The average molecular weight is 529 g/mol. The van der Waals surface area contributed by atoms with Gasteiger partial charge in [0.2, 0.25) is 6.29 Å². The summed E-state index contributed by atoms with van der Waals surface area (Å²) in [6, 6.07) is 3.73. The first-order chi connectivity index (χ1) is 17.3. The van der Waals surface area contributed by atoms with Gasteiger partial charge in [0.25, 0.3) is 0 Å². The molecule has 5 atom stereocenters. The number of nitrogens with zero attached hydrogens (tertiary/aromatic N) is 1. The predicted molar refractivity (Wildman–Crippen MR) is 118 cm³/mol. The van der Waals surface area contributed by atoms with Gasteiger partial charge in [-0.15, -0.1) is 0 Å². The molecular weight excluding hydrogens is 503 g/mol. The Kier molecular flexibility index (Phi) is 6.76. The molecule has 2 bridgehead atoms. The van der Waals surface area contributed by atoms with Gasteiger partial charge in [-0.05, 0) is 44.1 Å². The molecule has 2 aliphatic carbocycles. The van der Waals surface area contributed by atoms with Crippen LogP contribution in [0.4, 0.5) is 13.2 Å².